The predicted molar refractivity (Wildman–Crippen MR) is 102 cm³/mol. The van der Waals surface area contributed by atoms with Crippen LogP contribution in [0.25, 0.3) is 16.8 Å². The van der Waals surface area contributed by atoms with Crippen molar-refractivity contribution < 1.29 is 14.3 Å². The van der Waals surface area contributed by atoms with Crippen LogP contribution in [0, 0.1) is 11.3 Å². The van der Waals surface area contributed by atoms with Crippen LogP contribution in [0.3, 0.4) is 0 Å². The first-order valence-corrected chi connectivity index (χ1v) is 8.18. The van der Waals surface area contributed by atoms with Gasteiger partial charge in [-0.15, -0.1) is 0 Å². The van der Waals surface area contributed by atoms with Gasteiger partial charge in [-0.1, -0.05) is 36.4 Å². The van der Waals surface area contributed by atoms with E-state index in [0.29, 0.717) is 11.3 Å². The van der Waals surface area contributed by atoms with E-state index >= 15 is 0 Å². The maximum absolute atomic E-state index is 12.3. The van der Waals surface area contributed by atoms with Gasteiger partial charge in [0.25, 0.3) is 0 Å². The Morgan fingerprint density at radius 1 is 1.15 bits per heavy atom. The van der Waals surface area contributed by atoms with Gasteiger partial charge in [-0.05, 0) is 24.6 Å². The predicted octanol–water partition coefficient (Wildman–Crippen LogP) is 3.59. The number of rotatable bonds is 4. The van der Waals surface area contributed by atoms with Gasteiger partial charge in [0.05, 0.1) is 24.0 Å². The molecule has 2 N–H and O–H groups in total. The minimum absolute atomic E-state index is 0.0402. The number of benzene rings is 2. The van der Waals surface area contributed by atoms with Crippen LogP contribution >= 0.6 is 0 Å². The first-order valence-electron chi connectivity index (χ1n) is 8.18. The molecule has 2 aromatic carbocycles. The highest BCUT2D eigenvalue weighted by molar-refractivity contribution is 5.97. The monoisotopic (exact) mass is 359 g/mol. The Morgan fingerprint density at radius 3 is 2.56 bits per heavy atom. The number of anilines is 1. The van der Waals surface area contributed by atoms with Gasteiger partial charge in [0.15, 0.2) is 11.5 Å². The quantitative estimate of drug-likeness (QED) is 0.567. The van der Waals surface area contributed by atoms with Crippen LogP contribution < -0.4 is 5.73 Å². The fraction of sp³-hybridized carbons (Fsp3) is 0.0952. The maximum Gasteiger partial charge on any atom is 0.357 e. The maximum atomic E-state index is 12.3. The number of para-hydroxylation sites is 1. The Balaban J connectivity index is 2.27. The highest BCUT2D eigenvalue weighted by atomic mass is 16.5. The fourth-order valence-corrected chi connectivity index (χ4v) is 2.94. The molecule has 0 amide bonds. The van der Waals surface area contributed by atoms with Gasteiger partial charge in [0.2, 0.25) is 0 Å². The standard InChI is InChI=1S/C21H17N3O3/c1-13(25)14-6-5-7-15(10-14)17-8-3-4-9-18(17)24-12-16(11-22)19(23)20(24)21(26)27-2/h3-10,12H,23H2,1-2H3. The molecule has 6 nitrogen and oxygen atoms in total. The molecule has 0 aliphatic carbocycles. The molecule has 27 heavy (non-hydrogen) atoms. The van der Waals surface area contributed by atoms with E-state index in [2.05, 4.69) is 0 Å². The Hall–Kier alpha value is -3.85. The normalized spacial score (nSPS) is 10.3. The molecule has 0 fully saturated rings. The number of carbonyl (C=O) groups excluding carboxylic acids is 2. The van der Waals surface area contributed by atoms with Gasteiger partial charge >= 0.3 is 5.97 Å². The third kappa shape index (κ3) is 3.18. The topological polar surface area (TPSA) is 98.1 Å². The molecular weight excluding hydrogens is 342 g/mol. The summed E-state index contributed by atoms with van der Waals surface area (Å²) in [6.45, 7) is 1.51. The fourth-order valence-electron chi connectivity index (χ4n) is 2.94. The van der Waals surface area contributed by atoms with Crippen molar-refractivity contribution in [3.63, 3.8) is 0 Å². The first-order chi connectivity index (χ1) is 13.0. The van der Waals surface area contributed by atoms with Crippen LogP contribution in [0.4, 0.5) is 5.69 Å². The third-order valence-corrected chi connectivity index (χ3v) is 4.29. The molecule has 0 saturated carbocycles. The molecule has 6 heteroatoms. The smallest absolute Gasteiger partial charge is 0.357 e. The number of ether oxygens (including phenoxy) is 1. The lowest BCUT2D eigenvalue weighted by atomic mass is 10.00. The number of hydrogen-bond donors (Lipinski definition) is 1. The molecule has 0 radical (unpaired) electrons. The molecule has 0 atom stereocenters. The summed E-state index contributed by atoms with van der Waals surface area (Å²) >= 11 is 0. The highest BCUT2D eigenvalue weighted by Crippen LogP contribution is 2.32. The average Bonchev–Trinajstić information content (AvgIpc) is 3.03. The van der Waals surface area contributed by atoms with Crippen molar-refractivity contribution in [2.45, 2.75) is 6.92 Å². The zero-order valence-electron chi connectivity index (χ0n) is 14.9. The summed E-state index contributed by atoms with van der Waals surface area (Å²) in [4.78, 5) is 24.0. The minimum Gasteiger partial charge on any atom is -0.464 e. The number of Topliss-reactive ketones (excluding diaryl/α,β-unsaturated/α-hetero) is 1. The van der Waals surface area contributed by atoms with Crippen LogP contribution in [0.5, 0.6) is 0 Å². The molecular formula is C21H17N3O3. The molecule has 0 aliphatic heterocycles. The van der Waals surface area contributed by atoms with E-state index in [0.717, 1.165) is 11.1 Å². The van der Waals surface area contributed by atoms with Crippen molar-refractivity contribution >= 4 is 17.4 Å². The summed E-state index contributed by atoms with van der Waals surface area (Å²) in [6.07, 6.45) is 1.51. The van der Waals surface area contributed by atoms with Crippen LogP contribution in [0.15, 0.2) is 54.7 Å². The van der Waals surface area contributed by atoms with Crippen molar-refractivity contribution in [1.29, 1.82) is 5.26 Å². The molecule has 0 spiro atoms. The molecule has 3 aromatic rings. The van der Waals surface area contributed by atoms with E-state index < -0.39 is 5.97 Å². The van der Waals surface area contributed by atoms with Crippen LogP contribution in [-0.4, -0.2) is 23.4 Å². The number of nitrogens with two attached hydrogens (primary N) is 1. The average molecular weight is 359 g/mol. The van der Waals surface area contributed by atoms with E-state index in [4.69, 9.17) is 10.5 Å². The second-order valence-electron chi connectivity index (χ2n) is 5.93. The second-order valence-corrected chi connectivity index (χ2v) is 5.93. The summed E-state index contributed by atoms with van der Waals surface area (Å²) in [5, 5.41) is 9.31. The van der Waals surface area contributed by atoms with E-state index in [1.165, 1.54) is 20.2 Å². The molecule has 1 heterocycles. The summed E-state index contributed by atoms with van der Waals surface area (Å²) < 4.78 is 6.39. The number of hydrogen-bond acceptors (Lipinski definition) is 5. The van der Waals surface area contributed by atoms with Gasteiger partial charge < -0.3 is 15.0 Å². The van der Waals surface area contributed by atoms with Crippen molar-refractivity contribution in [1.82, 2.24) is 4.57 Å². The Labute approximate surface area is 156 Å². The van der Waals surface area contributed by atoms with Gasteiger partial charge in [0, 0.05) is 17.3 Å². The zero-order chi connectivity index (χ0) is 19.6. The number of nitrogens with zero attached hydrogens (tertiary/aromatic N) is 2. The molecule has 3 rings (SSSR count). The van der Waals surface area contributed by atoms with E-state index in [9.17, 15) is 14.9 Å². The number of nitrogen functional groups attached to an aromatic ring is 1. The largest absolute Gasteiger partial charge is 0.464 e. The second kappa shape index (κ2) is 7.18. The number of carbonyl (C=O) groups is 2. The van der Waals surface area contributed by atoms with E-state index in [1.807, 2.05) is 36.4 Å². The minimum atomic E-state index is -0.638. The van der Waals surface area contributed by atoms with Crippen molar-refractivity contribution in [2.75, 3.05) is 12.8 Å². The van der Waals surface area contributed by atoms with Crippen LogP contribution in [0.2, 0.25) is 0 Å². The van der Waals surface area contributed by atoms with Gasteiger partial charge in [0.1, 0.15) is 6.07 Å². The van der Waals surface area contributed by atoms with Gasteiger partial charge in [-0.2, -0.15) is 5.26 Å². The van der Waals surface area contributed by atoms with Gasteiger partial charge in [-0.3, -0.25) is 4.79 Å². The molecule has 134 valence electrons. The number of methoxy groups -OCH3 is 1. The third-order valence-electron chi connectivity index (χ3n) is 4.29. The molecule has 1 aromatic heterocycles. The molecule has 0 saturated heterocycles. The highest BCUT2D eigenvalue weighted by Gasteiger charge is 2.23. The number of aromatic nitrogens is 1. The van der Waals surface area contributed by atoms with Crippen molar-refractivity contribution in [3.05, 3.63) is 71.5 Å². The Kier molecular flexibility index (Phi) is 4.77. The number of nitriles is 1. The SMILES string of the molecule is COC(=O)c1c(N)c(C#N)cn1-c1ccccc1-c1cccc(C(C)=O)c1. The van der Waals surface area contributed by atoms with Crippen molar-refractivity contribution in [3.8, 4) is 22.9 Å². The number of esters is 1. The van der Waals surface area contributed by atoms with Crippen molar-refractivity contribution in [2.24, 2.45) is 0 Å². The molecule has 0 unspecified atom stereocenters. The Morgan fingerprint density at radius 2 is 1.89 bits per heavy atom. The lowest BCUT2D eigenvalue weighted by molar-refractivity contribution is 0.0593. The van der Waals surface area contributed by atoms with E-state index in [1.54, 1.807) is 22.8 Å². The summed E-state index contributed by atoms with van der Waals surface area (Å²) in [5.74, 6) is -0.678. The summed E-state index contributed by atoms with van der Waals surface area (Å²) in [6, 6.07) is 16.6. The number of ketones is 1. The van der Waals surface area contributed by atoms with Crippen LogP contribution in [0.1, 0.15) is 33.3 Å². The lowest BCUT2D eigenvalue weighted by Crippen LogP contribution is -2.11. The molecule has 0 aliphatic rings. The van der Waals surface area contributed by atoms with Gasteiger partial charge in [-0.25, -0.2) is 4.79 Å². The molecule has 0 bridgehead atoms. The summed E-state index contributed by atoms with van der Waals surface area (Å²) in [5.41, 5.74) is 9.15. The van der Waals surface area contributed by atoms with E-state index in [-0.39, 0.29) is 22.7 Å². The Bertz CT molecular complexity index is 1090. The summed E-state index contributed by atoms with van der Waals surface area (Å²) in [7, 11) is 1.26. The zero-order valence-corrected chi connectivity index (χ0v) is 14.9. The van der Waals surface area contributed by atoms with Crippen LogP contribution in [-0.2, 0) is 4.74 Å². The first kappa shape index (κ1) is 18.0. The lowest BCUT2D eigenvalue weighted by Gasteiger charge is -2.14.